The van der Waals surface area contributed by atoms with Gasteiger partial charge in [0.1, 0.15) is 0 Å². The molecular weight excluding hydrogens is 272 g/mol. The molecule has 0 bridgehead atoms. The summed E-state index contributed by atoms with van der Waals surface area (Å²) in [6, 6.07) is 5.54. The van der Waals surface area contributed by atoms with Gasteiger partial charge in [0.05, 0.1) is 11.0 Å². The summed E-state index contributed by atoms with van der Waals surface area (Å²) < 4.78 is 5.12. The summed E-state index contributed by atoms with van der Waals surface area (Å²) in [7, 11) is 0. The molecule has 0 fully saturated rings. The van der Waals surface area contributed by atoms with Crippen LogP contribution in [-0.2, 0) is 11.2 Å². The molecule has 0 unspecified atom stereocenters. The van der Waals surface area contributed by atoms with Gasteiger partial charge >= 0.3 is 5.97 Å². The molecule has 2 aromatic heterocycles. The number of hydrogen-bond donors (Lipinski definition) is 1. The van der Waals surface area contributed by atoms with Crippen molar-refractivity contribution in [2.75, 3.05) is 0 Å². The summed E-state index contributed by atoms with van der Waals surface area (Å²) in [5, 5.41) is 12.5. The van der Waals surface area contributed by atoms with Crippen LogP contribution >= 0.6 is 0 Å². The number of aliphatic carboxylic acids is 1. The third-order valence-electron chi connectivity index (χ3n) is 2.98. The number of carboxylic acids is 1. The van der Waals surface area contributed by atoms with Crippen molar-refractivity contribution in [3.8, 4) is 11.4 Å². The molecule has 3 rings (SSSR count). The molecule has 106 valence electrons. The van der Waals surface area contributed by atoms with Gasteiger partial charge in [-0.15, -0.1) is 0 Å². The number of aromatic nitrogens is 4. The Kier molecular flexibility index (Phi) is 3.55. The van der Waals surface area contributed by atoms with Gasteiger partial charge in [-0.1, -0.05) is 5.16 Å². The Balaban J connectivity index is 1.79. The lowest BCUT2D eigenvalue weighted by atomic mass is 10.2. The lowest BCUT2D eigenvalue weighted by molar-refractivity contribution is -0.137. The molecule has 0 saturated carbocycles. The van der Waals surface area contributed by atoms with E-state index in [-0.39, 0.29) is 6.42 Å². The molecule has 0 amide bonds. The van der Waals surface area contributed by atoms with Gasteiger partial charge in [-0.3, -0.25) is 14.8 Å². The summed E-state index contributed by atoms with van der Waals surface area (Å²) in [6.07, 6.45) is 4.27. The summed E-state index contributed by atoms with van der Waals surface area (Å²) in [5.74, 6) is 0.0706. The zero-order valence-electron chi connectivity index (χ0n) is 11.1. The van der Waals surface area contributed by atoms with Crippen LogP contribution < -0.4 is 0 Å². The van der Waals surface area contributed by atoms with Crippen LogP contribution in [0.4, 0.5) is 0 Å². The molecule has 0 aliphatic carbocycles. The first-order valence-electron chi connectivity index (χ1n) is 6.48. The molecule has 1 aromatic carbocycles. The monoisotopic (exact) mass is 284 g/mol. The number of benzene rings is 1. The number of carboxylic acid groups (broad SMARTS) is 1. The predicted octanol–water partition coefficient (Wildman–Crippen LogP) is 2.09. The lowest BCUT2D eigenvalue weighted by Gasteiger charge is -1.97. The molecule has 7 heteroatoms. The quantitative estimate of drug-likeness (QED) is 0.765. The van der Waals surface area contributed by atoms with E-state index in [0.29, 0.717) is 24.6 Å². The van der Waals surface area contributed by atoms with Crippen molar-refractivity contribution >= 4 is 17.0 Å². The maximum absolute atomic E-state index is 10.5. The standard InChI is InChI=1S/C14H12N4O3/c19-13(20)3-1-2-12-17-14(18-21-12)9-4-5-10-11(8-9)16-7-6-15-10/h4-8H,1-3H2,(H,19,20). The zero-order chi connectivity index (χ0) is 14.7. The predicted molar refractivity (Wildman–Crippen MR) is 73.4 cm³/mol. The number of hydrogen-bond acceptors (Lipinski definition) is 6. The van der Waals surface area contributed by atoms with Crippen molar-refractivity contribution < 1.29 is 14.4 Å². The van der Waals surface area contributed by atoms with Crippen LogP contribution in [0.15, 0.2) is 35.1 Å². The second-order valence-electron chi connectivity index (χ2n) is 4.52. The molecule has 0 aliphatic rings. The zero-order valence-corrected chi connectivity index (χ0v) is 11.1. The fourth-order valence-electron chi connectivity index (χ4n) is 1.97. The van der Waals surface area contributed by atoms with Gasteiger partial charge in [-0.25, -0.2) is 0 Å². The third-order valence-corrected chi connectivity index (χ3v) is 2.98. The molecular formula is C14H12N4O3. The second kappa shape index (κ2) is 5.66. The first-order valence-corrected chi connectivity index (χ1v) is 6.48. The highest BCUT2D eigenvalue weighted by molar-refractivity contribution is 5.79. The average molecular weight is 284 g/mol. The van der Waals surface area contributed by atoms with Crippen LogP contribution in [0.5, 0.6) is 0 Å². The van der Waals surface area contributed by atoms with Gasteiger partial charge in [0.15, 0.2) is 0 Å². The van der Waals surface area contributed by atoms with Crippen LogP contribution in [0.3, 0.4) is 0 Å². The van der Waals surface area contributed by atoms with Crippen molar-refractivity contribution in [1.29, 1.82) is 0 Å². The largest absolute Gasteiger partial charge is 0.481 e. The highest BCUT2D eigenvalue weighted by Crippen LogP contribution is 2.20. The van der Waals surface area contributed by atoms with Gasteiger partial charge < -0.3 is 9.63 Å². The summed E-state index contributed by atoms with van der Waals surface area (Å²) in [5.41, 5.74) is 2.34. The Morgan fingerprint density at radius 2 is 2.00 bits per heavy atom. The molecule has 0 spiro atoms. The Morgan fingerprint density at radius 3 is 2.81 bits per heavy atom. The minimum absolute atomic E-state index is 0.0866. The number of nitrogens with zero attached hydrogens (tertiary/aromatic N) is 4. The van der Waals surface area contributed by atoms with Crippen LogP contribution in [0, 0.1) is 0 Å². The summed E-state index contributed by atoms with van der Waals surface area (Å²) >= 11 is 0. The van der Waals surface area contributed by atoms with E-state index < -0.39 is 5.97 Å². The van der Waals surface area contributed by atoms with Gasteiger partial charge in [0.2, 0.25) is 11.7 Å². The molecule has 0 atom stereocenters. The molecule has 21 heavy (non-hydrogen) atoms. The lowest BCUT2D eigenvalue weighted by Crippen LogP contribution is -1.96. The van der Waals surface area contributed by atoms with Crippen LogP contribution in [0.1, 0.15) is 18.7 Å². The molecule has 3 aromatic rings. The highest BCUT2D eigenvalue weighted by Gasteiger charge is 2.10. The van der Waals surface area contributed by atoms with E-state index >= 15 is 0 Å². The normalized spacial score (nSPS) is 10.9. The molecule has 2 heterocycles. The average Bonchev–Trinajstić information content (AvgIpc) is 2.95. The Bertz CT molecular complexity index is 784. The van der Waals surface area contributed by atoms with Gasteiger partial charge in [0.25, 0.3) is 0 Å². The summed E-state index contributed by atoms with van der Waals surface area (Å²) in [6.45, 7) is 0. The van der Waals surface area contributed by atoms with Crippen molar-refractivity contribution in [3.63, 3.8) is 0 Å². The topological polar surface area (TPSA) is 102 Å². The molecule has 0 saturated heterocycles. The SMILES string of the molecule is O=C(O)CCCc1nc(-c2ccc3nccnc3c2)no1. The van der Waals surface area contributed by atoms with Gasteiger partial charge in [-0.05, 0) is 24.6 Å². The third kappa shape index (κ3) is 3.02. The summed E-state index contributed by atoms with van der Waals surface area (Å²) in [4.78, 5) is 23.2. The number of aryl methyl sites for hydroxylation is 1. The molecule has 1 N–H and O–H groups in total. The maximum Gasteiger partial charge on any atom is 0.303 e. The minimum atomic E-state index is -0.831. The first kappa shape index (κ1) is 13.2. The van der Waals surface area contributed by atoms with E-state index in [1.54, 1.807) is 12.4 Å². The highest BCUT2D eigenvalue weighted by atomic mass is 16.5. The fourth-order valence-corrected chi connectivity index (χ4v) is 1.97. The van der Waals surface area contributed by atoms with Gasteiger partial charge in [-0.2, -0.15) is 4.98 Å². The molecule has 7 nitrogen and oxygen atoms in total. The van der Waals surface area contributed by atoms with E-state index in [0.717, 1.165) is 16.6 Å². The van der Waals surface area contributed by atoms with Gasteiger partial charge in [0, 0.05) is 30.8 Å². The van der Waals surface area contributed by atoms with E-state index in [1.165, 1.54) is 0 Å². The number of rotatable bonds is 5. The van der Waals surface area contributed by atoms with E-state index in [1.807, 2.05) is 18.2 Å². The Morgan fingerprint density at radius 1 is 1.19 bits per heavy atom. The van der Waals surface area contributed by atoms with E-state index in [4.69, 9.17) is 9.63 Å². The smallest absolute Gasteiger partial charge is 0.303 e. The van der Waals surface area contributed by atoms with Crippen molar-refractivity contribution in [1.82, 2.24) is 20.1 Å². The second-order valence-corrected chi connectivity index (χ2v) is 4.52. The maximum atomic E-state index is 10.5. The number of carbonyl (C=O) groups is 1. The Labute approximate surface area is 119 Å². The van der Waals surface area contributed by atoms with Crippen molar-refractivity contribution in [2.45, 2.75) is 19.3 Å². The van der Waals surface area contributed by atoms with Crippen LogP contribution in [-0.4, -0.2) is 31.2 Å². The first-order chi connectivity index (χ1) is 10.2. The van der Waals surface area contributed by atoms with Crippen molar-refractivity contribution in [2.24, 2.45) is 0 Å². The molecule has 0 radical (unpaired) electrons. The molecule has 0 aliphatic heterocycles. The fraction of sp³-hybridized carbons (Fsp3) is 0.214. The Hall–Kier alpha value is -2.83. The minimum Gasteiger partial charge on any atom is -0.481 e. The van der Waals surface area contributed by atoms with Crippen LogP contribution in [0.25, 0.3) is 22.4 Å². The van der Waals surface area contributed by atoms with Crippen LogP contribution in [0.2, 0.25) is 0 Å². The number of fused-ring (bicyclic) bond motifs is 1. The van der Waals surface area contributed by atoms with Crippen molar-refractivity contribution in [3.05, 3.63) is 36.5 Å². The van der Waals surface area contributed by atoms with E-state index in [9.17, 15) is 4.79 Å². The van der Waals surface area contributed by atoms with E-state index in [2.05, 4.69) is 20.1 Å².